The lowest BCUT2D eigenvalue weighted by Gasteiger charge is -1.98. The fourth-order valence-corrected chi connectivity index (χ4v) is 1.24. The van der Waals surface area contributed by atoms with E-state index in [0.29, 0.717) is 0 Å². The smallest absolute Gasteiger partial charge is 0.0600 e. The highest BCUT2D eigenvalue weighted by atomic mass is 15.3. The minimum Gasteiger partial charge on any atom is -0.313 e. The maximum Gasteiger partial charge on any atom is 0.0600 e. The normalized spacial score (nSPS) is 19.0. The summed E-state index contributed by atoms with van der Waals surface area (Å²) in [6.45, 7) is 2.05. The van der Waals surface area contributed by atoms with Gasteiger partial charge in [0.2, 0.25) is 0 Å². The van der Waals surface area contributed by atoms with Crippen LogP contribution in [0.1, 0.15) is 26.2 Å². The Kier molecular flexibility index (Phi) is 2.49. The van der Waals surface area contributed by atoms with Crippen LogP contribution >= 0.6 is 0 Å². The van der Waals surface area contributed by atoms with E-state index in [-0.39, 0.29) is 0 Å². The van der Waals surface area contributed by atoms with E-state index in [1.807, 2.05) is 14.0 Å². The van der Waals surface area contributed by atoms with Crippen LogP contribution < -0.4 is 5.43 Å². The topological polar surface area (TPSA) is 24.4 Å². The molecule has 1 N–H and O–H groups in total. The molecule has 0 fully saturated rings. The van der Waals surface area contributed by atoms with Gasteiger partial charge in [0.25, 0.3) is 0 Å². The number of nitrogens with zero attached hydrogens (tertiary/aromatic N) is 1. The van der Waals surface area contributed by atoms with E-state index >= 15 is 0 Å². The highest BCUT2D eigenvalue weighted by Crippen LogP contribution is 2.18. The Balaban J connectivity index is 2.55. The fourth-order valence-electron chi connectivity index (χ4n) is 1.24. The van der Waals surface area contributed by atoms with E-state index in [2.05, 4.69) is 16.6 Å². The average molecular weight is 138 g/mol. The van der Waals surface area contributed by atoms with Crippen molar-refractivity contribution in [1.82, 2.24) is 5.43 Å². The summed E-state index contributed by atoms with van der Waals surface area (Å²) in [6.07, 6.45) is 6.00. The summed E-state index contributed by atoms with van der Waals surface area (Å²) in [5.74, 6) is 0. The van der Waals surface area contributed by atoms with Gasteiger partial charge in [-0.05, 0) is 31.8 Å². The molecule has 0 radical (unpaired) electrons. The van der Waals surface area contributed by atoms with Crippen LogP contribution in [0.5, 0.6) is 0 Å². The number of allylic oxidation sites excluding steroid dienone is 2. The molecule has 0 spiro atoms. The lowest BCUT2D eigenvalue weighted by Crippen LogP contribution is -2.02. The Labute approximate surface area is 62.0 Å². The number of hydrazone groups is 1. The maximum atomic E-state index is 4.10. The molecule has 0 bridgehead atoms. The van der Waals surface area contributed by atoms with Gasteiger partial charge in [0.1, 0.15) is 0 Å². The van der Waals surface area contributed by atoms with Crippen molar-refractivity contribution in [3.05, 3.63) is 11.6 Å². The summed E-state index contributed by atoms with van der Waals surface area (Å²) in [6, 6.07) is 0. The molecule has 1 aliphatic carbocycles. The summed E-state index contributed by atoms with van der Waals surface area (Å²) < 4.78 is 0. The second kappa shape index (κ2) is 3.40. The maximum absolute atomic E-state index is 4.10. The Morgan fingerprint density at radius 2 is 2.50 bits per heavy atom. The minimum absolute atomic E-state index is 1.14. The summed E-state index contributed by atoms with van der Waals surface area (Å²) in [4.78, 5) is 0. The first-order valence-electron chi connectivity index (χ1n) is 3.75. The van der Waals surface area contributed by atoms with Crippen molar-refractivity contribution in [3.63, 3.8) is 0 Å². The molecule has 10 heavy (non-hydrogen) atoms. The standard InChI is InChI=1S/C8H14N2/c1-7(10-9-2)8-5-3-4-6-8/h5,9H,3-4,6H2,1-2H3/b10-7-. The van der Waals surface area contributed by atoms with Crippen molar-refractivity contribution < 1.29 is 0 Å². The third kappa shape index (κ3) is 1.59. The summed E-state index contributed by atoms with van der Waals surface area (Å²) >= 11 is 0. The molecule has 1 rings (SSSR count). The van der Waals surface area contributed by atoms with Crippen LogP contribution in [0.15, 0.2) is 16.8 Å². The predicted octanol–water partition coefficient (Wildman–Crippen LogP) is 1.69. The molecule has 2 heteroatoms. The zero-order chi connectivity index (χ0) is 7.40. The second-order valence-electron chi connectivity index (χ2n) is 2.54. The molecule has 0 saturated carbocycles. The van der Waals surface area contributed by atoms with Gasteiger partial charge in [0, 0.05) is 7.05 Å². The van der Waals surface area contributed by atoms with Crippen LogP contribution in [0.25, 0.3) is 0 Å². The average Bonchev–Trinajstić information content (AvgIpc) is 2.38. The fraction of sp³-hybridized carbons (Fsp3) is 0.625. The van der Waals surface area contributed by atoms with Gasteiger partial charge in [-0.1, -0.05) is 6.08 Å². The van der Waals surface area contributed by atoms with Crippen LogP contribution in [-0.4, -0.2) is 12.8 Å². The zero-order valence-electron chi connectivity index (χ0n) is 6.65. The number of nitrogens with one attached hydrogen (secondary N) is 1. The molecule has 1 aliphatic rings. The van der Waals surface area contributed by atoms with Gasteiger partial charge in [-0.2, -0.15) is 5.10 Å². The van der Waals surface area contributed by atoms with E-state index in [4.69, 9.17) is 0 Å². The van der Waals surface area contributed by atoms with E-state index in [9.17, 15) is 0 Å². The van der Waals surface area contributed by atoms with E-state index in [0.717, 1.165) is 5.71 Å². The van der Waals surface area contributed by atoms with Crippen molar-refractivity contribution >= 4 is 5.71 Å². The lowest BCUT2D eigenvalue weighted by molar-refractivity contribution is 0.887. The van der Waals surface area contributed by atoms with Crippen molar-refractivity contribution in [1.29, 1.82) is 0 Å². The van der Waals surface area contributed by atoms with Gasteiger partial charge in [-0.25, -0.2) is 0 Å². The molecule has 56 valence electrons. The van der Waals surface area contributed by atoms with E-state index in [1.54, 1.807) is 0 Å². The third-order valence-electron chi connectivity index (χ3n) is 1.79. The molecule has 0 aromatic heterocycles. The molecular weight excluding hydrogens is 124 g/mol. The predicted molar refractivity (Wildman–Crippen MR) is 44.1 cm³/mol. The van der Waals surface area contributed by atoms with Crippen molar-refractivity contribution in [2.75, 3.05) is 7.05 Å². The quantitative estimate of drug-likeness (QED) is 0.455. The first-order chi connectivity index (χ1) is 4.84. The largest absolute Gasteiger partial charge is 0.313 e. The zero-order valence-corrected chi connectivity index (χ0v) is 6.65. The van der Waals surface area contributed by atoms with Crippen LogP contribution in [0.2, 0.25) is 0 Å². The van der Waals surface area contributed by atoms with Crippen LogP contribution in [0, 0.1) is 0 Å². The molecule has 0 aliphatic heterocycles. The number of hydrogen-bond donors (Lipinski definition) is 1. The first-order valence-corrected chi connectivity index (χ1v) is 3.75. The van der Waals surface area contributed by atoms with Gasteiger partial charge in [-0.3, -0.25) is 0 Å². The molecular formula is C8H14N2. The number of hydrogen-bond acceptors (Lipinski definition) is 2. The highest BCUT2D eigenvalue weighted by molar-refractivity contribution is 5.98. The van der Waals surface area contributed by atoms with Crippen molar-refractivity contribution in [3.8, 4) is 0 Å². The van der Waals surface area contributed by atoms with Gasteiger partial charge in [0.15, 0.2) is 0 Å². The van der Waals surface area contributed by atoms with Crippen molar-refractivity contribution in [2.45, 2.75) is 26.2 Å². The van der Waals surface area contributed by atoms with Gasteiger partial charge < -0.3 is 5.43 Å². The first kappa shape index (κ1) is 7.32. The highest BCUT2D eigenvalue weighted by Gasteiger charge is 2.06. The molecule has 0 amide bonds. The Bertz CT molecular complexity index is 168. The Morgan fingerprint density at radius 1 is 1.70 bits per heavy atom. The van der Waals surface area contributed by atoms with Gasteiger partial charge in [0.05, 0.1) is 5.71 Å². The summed E-state index contributed by atoms with van der Waals surface area (Å²) in [5, 5.41) is 4.10. The molecule has 0 unspecified atom stereocenters. The van der Waals surface area contributed by atoms with Crippen LogP contribution in [0.3, 0.4) is 0 Å². The van der Waals surface area contributed by atoms with Gasteiger partial charge >= 0.3 is 0 Å². The molecule has 0 atom stereocenters. The number of rotatable bonds is 2. The van der Waals surface area contributed by atoms with E-state index in [1.165, 1.54) is 24.8 Å². The second-order valence-corrected chi connectivity index (χ2v) is 2.54. The molecule has 0 heterocycles. The van der Waals surface area contributed by atoms with Gasteiger partial charge in [-0.15, -0.1) is 0 Å². The Morgan fingerprint density at radius 3 is 3.00 bits per heavy atom. The van der Waals surface area contributed by atoms with Crippen LogP contribution in [0.4, 0.5) is 0 Å². The third-order valence-corrected chi connectivity index (χ3v) is 1.79. The van der Waals surface area contributed by atoms with E-state index < -0.39 is 0 Å². The van der Waals surface area contributed by atoms with Crippen molar-refractivity contribution in [2.24, 2.45) is 5.10 Å². The SMILES string of the molecule is CN/N=C(/C)C1=CCCC1. The molecule has 0 aromatic carbocycles. The van der Waals surface area contributed by atoms with Crippen LogP contribution in [-0.2, 0) is 0 Å². The minimum atomic E-state index is 1.14. The molecule has 2 nitrogen and oxygen atoms in total. The molecule has 0 saturated heterocycles. The summed E-state index contributed by atoms with van der Waals surface area (Å²) in [5.41, 5.74) is 5.34. The lowest BCUT2D eigenvalue weighted by atomic mass is 10.1. The molecule has 0 aromatic rings. The summed E-state index contributed by atoms with van der Waals surface area (Å²) in [7, 11) is 1.83. The Hall–Kier alpha value is -0.790. The monoisotopic (exact) mass is 138 g/mol.